The highest BCUT2D eigenvalue weighted by molar-refractivity contribution is 9.10. The zero-order valence-corrected chi connectivity index (χ0v) is 12.2. The Hall–Kier alpha value is -1.55. The zero-order valence-electron chi connectivity index (χ0n) is 10.7. The minimum Gasteiger partial charge on any atom is -0.397 e. The Morgan fingerprint density at radius 3 is 2.63 bits per heavy atom. The molecule has 0 spiro atoms. The van der Waals surface area contributed by atoms with E-state index in [1.54, 1.807) is 6.07 Å². The summed E-state index contributed by atoms with van der Waals surface area (Å²) in [5.74, 6) is 0.0105. The van der Waals surface area contributed by atoms with E-state index in [4.69, 9.17) is 5.73 Å². The van der Waals surface area contributed by atoms with Crippen molar-refractivity contribution in [2.75, 3.05) is 17.6 Å². The van der Waals surface area contributed by atoms with Gasteiger partial charge in [0.25, 0.3) is 0 Å². The van der Waals surface area contributed by atoms with Gasteiger partial charge in [-0.2, -0.15) is 0 Å². The molecule has 0 saturated carbocycles. The van der Waals surface area contributed by atoms with Crippen LogP contribution in [0.1, 0.15) is 18.4 Å². The molecule has 0 aliphatic rings. The normalized spacial score (nSPS) is 12.2. The Morgan fingerprint density at radius 2 is 1.95 bits per heavy atom. The lowest BCUT2D eigenvalue weighted by molar-refractivity contribution is 0.621. The molecule has 0 bridgehead atoms. The Morgan fingerprint density at radius 1 is 1.26 bits per heavy atom. The quantitative estimate of drug-likeness (QED) is 0.819. The van der Waals surface area contributed by atoms with Crippen molar-refractivity contribution in [2.24, 2.45) is 0 Å². The van der Waals surface area contributed by atoms with Gasteiger partial charge in [0.15, 0.2) is 0 Å². The Kier molecular flexibility index (Phi) is 4.43. The molecule has 4 heteroatoms. The average molecular weight is 323 g/mol. The maximum absolute atomic E-state index is 13.5. The number of hydrogen-bond acceptors (Lipinski definition) is 2. The summed E-state index contributed by atoms with van der Waals surface area (Å²) in [5, 5.41) is 3.19. The summed E-state index contributed by atoms with van der Waals surface area (Å²) in [6.07, 6.45) is 0. The first kappa shape index (κ1) is 13.9. The molecule has 0 aliphatic heterocycles. The largest absolute Gasteiger partial charge is 0.397 e. The SMILES string of the molecule is CC(CNc1cc(F)c(Br)cc1N)c1ccccc1. The van der Waals surface area contributed by atoms with Crippen molar-refractivity contribution in [3.63, 3.8) is 0 Å². The summed E-state index contributed by atoms with van der Waals surface area (Å²) in [5.41, 5.74) is 8.26. The number of nitrogen functional groups attached to an aromatic ring is 1. The zero-order chi connectivity index (χ0) is 13.8. The van der Waals surface area contributed by atoms with Crippen LogP contribution in [-0.2, 0) is 0 Å². The first-order chi connectivity index (χ1) is 9.08. The second kappa shape index (κ2) is 6.06. The van der Waals surface area contributed by atoms with Gasteiger partial charge < -0.3 is 11.1 Å². The van der Waals surface area contributed by atoms with Crippen LogP contribution in [0.4, 0.5) is 15.8 Å². The third-order valence-electron chi connectivity index (χ3n) is 3.06. The topological polar surface area (TPSA) is 38.0 Å². The van der Waals surface area contributed by atoms with E-state index in [1.807, 2.05) is 18.2 Å². The summed E-state index contributed by atoms with van der Waals surface area (Å²) in [6, 6.07) is 13.2. The second-order valence-electron chi connectivity index (χ2n) is 4.55. The lowest BCUT2D eigenvalue weighted by Crippen LogP contribution is -2.11. The summed E-state index contributed by atoms with van der Waals surface area (Å²) in [7, 11) is 0. The Balaban J connectivity index is 2.05. The van der Waals surface area contributed by atoms with Gasteiger partial charge in [0.05, 0.1) is 15.8 Å². The molecule has 2 rings (SSSR count). The maximum atomic E-state index is 13.5. The molecule has 1 unspecified atom stereocenters. The first-order valence-electron chi connectivity index (χ1n) is 6.11. The van der Waals surface area contributed by atoms with Crippen LogP contribution in [0, 0.1) is 5.82 Å². The van der Waals surface area contributed by atoms with Crippen molar-refractivity contribution in [3.8, 4) is 0 Å². The third kappa shape index (κ3) is 3.47. The lowest BCUT2D eigenvalue weighted by Gasteiger charge is -2.15. The van der Waals surface area contributed by atoms with Crippen LogP contribution in [0.25, 0.3) is 0 Å². The number of rotatable bonds is 4. The molecular formula is C15H16BrFN2. The molecule has 0 aromatic heterocycles. The molecule has 0 fully saturated rings. The van der Waals surface area contributed by atoms with Gasteiger partial charge in [0, 0.05) is 12.6 Å². The van der Waals surface area contributed by atoms with Crippen LogP contribution in [0.15, 0.2) is 46.9 Å². The number of hydrogen-bond donors (Lipinski definition) is 2. The van der Waals surface area contributed by atoms with Gasteiger partial charge in [0.1, 0.15) is 5.82 Å². The van der Waals surface area contributed by atoms with E-state index in [1.165, 1.54) is 11.6 Å². The first-order valence-corrected chi connectivity index (χ1v) is 6.90. The summed E-state index contributed by atoms with van der Waals surface area (Å²) in [6.45, 7) is 2.82. The van der Waals surface area contributed by atoms with E-state index in [0.717, 1.165) is 0 Å². The van der Waals surface area contributed by atoms with Crippen LogP contribution < -0.4 is 11.1 Å². The number of halogens is 2. The van der Waals surface area contributed by atoms with Crippen molar-refractivity contribution in [1.29, 1.82) is 0 Å². The molecule has 2 aromatic carbocycles. The summed E-state index contributed by atoms with van der Waals surface area (Å²) >= 11 is 3.11. The highest BCUT2D eigenvalue weighted by Crippen LogP contribution is 2.27. The summed E-state index contributed by atoms with van der Waals surface area (Å²) in [4.78, 5) is 0. The third-order valence-corrected chi connectivity index (χ3v) is 3.67. The van der Waals surface area contributed by atoms with Crippen molar-refractivity contribution in [3.05, 3.63) is 58.3 Å². The summed E-state index contributed by atoms with van der Waals surface area (Å²) < 4.78 is 13.8. The van der Waals surface area contributed by atoms with Crippen molar-refractivity contribution >= 4 is 27.3 Å². The Labute approximate surface area is 121 Å². The van der Waals surface area contributed by atoms with Crippen LogP contribution in [-0.4, -0.2) is 6.54 Å². The minimum absolute atomic E-state index is 0.316. The fraction of sp³-hybridized carbons (Fsp3) is 0.200. The molecule has 0 radical (unpaired) electrons. The highest BCUT2D eigenvalue weighted by Gasteiger charge is 2.08. The molecule has 2 aromatic rings. The monoisotopic (exact) mass is 322 g/mol. The molecule has 0 aliphatic carbocycles. The van der Waals surface area contributed by atoms with E-state index in [0.29, 0.717) is 28.3 Å². The molecule has 0 saturated heterocycles. The number of anilines is 2. The van der Waals surface area contributed by atoms with E-state index >= 15 is 0 Å². The Bertz CT molecular complexity index is 558. The van der Waals surface area contributed by atoms with Crippen LogP contribution in [0.5, 0.6) is 0 Å². The van der Waals surface area contributed by atoms with Crippen LogP contribution in [0.3, 0.4) is 0 Å². The van der Waals surface area contributed by atoms with Gasteiger partial charge in [0.2, 0.25) is 0 Å². The van der Waals surface area contributed by atoms with Gasteiger partial charge >= 0.3 is 0 Å². The molecule has 1 atom stereocenters. The van der Waals surface area contributed by atoms with Gasteiger partial charge in [-0.1, -0.05) is 37.3 Å². The van der Waals surface area contributed by atoms with E-state index in [9.17, 15) is 4.39 Å². The van der Waals surface area contributed by atoms with Gasteiger partial charge in [-0.25, -0.2) is 4.39 Å². The fourth-order valence-corrected chi connectivity index (χ4v) is 2.24. The molecule has 0 heterocycles. The van der Waals surface area contributed by atoms with Gasteiger partial charge in [-0.3, -0.25) is 0 Å². The van der Waals surface area contributed by atoms with Crippen molar-refractivity contribution in [2.45, 2.75) is 12.8 Å². The molecule has 19 heavy (non-hydrogen) atoms. The molecule has 100 valence electrons. The number of nitrogens with one attached hydrogen (secondary N) is 1. The van der Waals surface area contributed by atoms with Crippen LogP contribution in [0.2, 0.25) is 0 Å². The molecular weight excluding hydrogens is 307 g/mol. The fourth-order valence-electron chi connectivity index (χ4n) is 1.88. The smallest absolute Gasteiger partial charge is 0.139 e. The highest BCUT2D eigenvalue weighted by atomic mass is 79.9. The van der Waals surface area contributed by atoms with Gasteiger partial charge in [-0.15, -0.1) is 0 Å². The van der Waals surface area contributed by atoms with Crippen molar-refractivity contribution in [1.82, 2.24) is 0 Å². The minimum atomic E-state index is -0.316. The standard InChI is InChI=1S/C15H16BrFN2/c1-10(11-5-3-2-4-6-11)9-19-15-8-13(17)12(16)7-14(15)18/h2-8,10,19H,9,18H2,1H3. The molecule has 0 amide bonds. The maximum Gasteiger partial charge on any atom is 0.139 e. The van der Waals surface area contributed by atoms with Crippen LogP contribution >= 0.6 is 15.9 Å². The van der Waals surface area contributed by atoms with Gasteiger partial charge in [-0.05, 0) is 33.5 Å². The average Bonchev–Trinajstić information content (AvgIpc) is 2.42. The lowest BCUT2D eigenvalue weighted by atomic mass is 10.0. The van der Waals surface area contributed by atoms with Crippen molar-refractivity contribution < 1.29 is 4.39 Å². The second-order valence-corrected chi connectivity index (χ2v) is 5.40. The van der Waals surface area contributed by atoms with E-state index in [2.05, 4.69) is 40.3 Å². The molecule has 2 nitrogen and oxygen atoms in total. The number of nitrogens with two attached hydrogens (primary N) is 1. The predicted octanol–water partition coefficient (Wildman–Crippen LogP) is 4.39. The predicted molar refractivity (Wildman–Crippen MR) is 81.9 cm³/mol. The molecule has 3 N–H and O–H groups in total. The van der Waals surface area contributed by atoms with E-state index < -0.39 is 0 Å². The number of benzene rings is 2. The van der Waals surface area contributed by atoms with E-state index in [-0.39, 0.29) is 5.82 Å².